The lowest BCUT2D eigenvalue weighted by molar-refractivity contribution is 0.163. The molecular formula is C14H11N5O2. The molecule has 104 valence electrons. The van der Waals surface area contributed by atoms with Gasteiger partial charge in [-0.3, -0.25) is 0 Å². The second-order valence-electron chi connectivity index (χ2n) is 4.51. The maximum absolute atomic E-state index is 5.87. The molecule has 0 amide bonds. The van der Waals surface area contributed by atoms with E-state index in [0.29, 0.717) is 24.1 Å². The van der Waals surface area contributed by atoms with Gasteiger partial charge in [0.25, 0.3) is 5.89 Å². The first-order valence-corrected chi connectivity index (χ1v) is 6.51. The maximum Gasteiger partial charge on any atom is 0.269 e. The first-order valence-electron chi connectivity index (χ1n) is 6.51. The molecule has 1 unspecified atom stereocenters. The Hall–Kier alpha value is -2.96. The average Bonchev–Trinajstić information content (AvgIpc) is 3.05. The average molecular weight is 281 g/mol. The number of rotatable bonds is 2. The van der Waals surface area contributed by atoms with Gasteiger partial charge in [0.05, 0.1) is 12.2 Å². The van der Waals surface area contributed by atoms with Gasteiger partial charge in [-0.25, -0.2) is 9.97 Å². The van der Waals surface area contributed by atoms with Crippen molar-refractivity contribution in [1.82, 2.24) is 20.1 Å². The summed E-state index contributed by atoms with van der Waals surface area (Å²) >= 11 is 0. The summed E-state index contributed by atoms with van der Waals surface area (Å²) in [5.41, 5.74) is 0.958. The molecule has 0 saturated carbocycles. The van der Waals surface area contributed by atoms with Gasteiger partial charge in [0.15, 0.2) is 6.10 Å². The summed E-state index contributed by atoms with van der Waals surface area (Å²) < 4.78 is 11.1. The zero-order chi connectivity index (χ0) is 14.1. The highest BCUT2D eigenvalue weighted by atomic mass is 16.5. The Bertz CT molecular complexity index is 759. The summed E-state index contributed by atoms with van der Waals surface area (Å²) in [5.74, 6) is 1.95. The van der Waals surface area contributed by atoms with Gasteiger partial charge in [0.1, 0.15) is 5.75 Å². The molecule has 3 aromatic rings. The van der Waals surface area contributed by atoms with E-state index < -0.39 is 0 Å². The lowest BCUT2D eigenvalue weighted by Crippen LogP contribution is -2.23. The minimum atomic E-state index is -0.329. The van der Waals surface area contributed by atoms with Crippen LogP contribution in [0, 0.1) is 0 Å². The molecule has 0 fully saturated rings. The molecule has 3 heterocycles. The smallest absolute Gasteiger partial charge is 0.269 e. The Morgan fingerprint density at radius 1 is 1.05 bits per heavy atom. The van der Waals surface area contributed by atoms with Gasteiger partial charge in [-0.2, -0.15) is 4.98 Å². The van der Waals surface area contributed by atoms with Crippen LogP contribution in [0.3, 0.4) is 0 Å². The molecule has 2 aromatic heterocycles. The summed E-state index contributed by atoms with van der Waals surface area (Å²) in [7, 11) is 0. The minimum Gasteiger partial charge on any atom is -0.477 e. The van der Waals surface area contributed by atoms with Gasteiger partial charge >= 0.3 is 0 Å². The fourth-order valence-corrected chi connectivity index (χ4v) is 2.12. The second-order valence-corrected chi connectivity index (χ2v) is 4.51. The quantitative estimate of drug-likeness (QED) is 0.769. The first-order chi connectivity index (χ1) is 10.4. The van der Waals surface area contributed by atoms with Crippen molar-refractivity contribution in [3.05, 3.63) is 48.6 Å². The Labute approximate surface area is 120 Å². The van der Waals surface area contributed by atoms with E-state index in [0.717, 1.165) is 11.4 Å². The van der Waals surface area contributed by atoms with Gasteiger partial charge in [-0.05, 0) is 18.2 Å². The monoisotopic (exact) mass is 281 g/mol. The molecule has 1 aliphatic heterocycles. The molecule has 0 radical (unpaired) electrons. The fourth-order valence-electron chi connectivity index (χ4n) is 2.12. The Balaban J connectivity index is 1.60. The van der Waals surface area contributed by atoms with E-state index in [9.17, 15) is 0 Å². The van der Waals surface area contributed by atoms with Crippen molar-refractivity contribution in [2.75, 3.05) is 11.9 Å². The summed E-state index contributed by atoms with van der Waals surface area (Å²) in [6.45, 7) is 0.564. The number of nitrogens with zero attached hydrogens (tertiary/aromatic N) is 4. The standard InChI is InChI=1S/C14H11N5O2/c1-2-5-10-9(4-1)17-8-11(20-10)14-18-13(19-21-14)12-15-6-3-7-16-12/h1-7,11,17H,8H2. The summed E-state index contributed by atoms with van der Waals surface area (Å²) in [6.07, 6.45) is 2.94. The molecule has 0 bridgehead atoms. The number of ether oxygens (including phenoxy) is 1. The van der Waals surface area contributed by atoms with E-state index in [1.165, 1.54) is 0 Å². The Kier molecular flexibility index (Phi) is 2.74. The van der Waals surface area contributed by atoms with Crippen LogP contribution in [0.4, 0.5) is 5.69 Å². The van der Waals surface area contributed by atoms with Crippen molar-refractivity contribution in [2.24, 2.45) is 0 Å². The highest BCUT2D eigenvalue weighted by molar-refractivity contribution is 5.57. The number of anilines is 1. The predicted molar refractivity (Wildman–Crippen MR) is 73.6 cm³/mol. The zero-order valence-electron chi connectivity index (χ0n) is 10.9. The fraction of sp³-hybridized carbons (Fsp3) is 0.143. The normalized spacial score (nSPS) is 16.7. The zero-order valence-corrected chi connectivity index (χ0v) is 10.9. The first kappa shape index (κ1) is 11.8. The highest BCUT2D eigenvalue weighted by Crippen LogP contribution is 2.33. The lowest BCUT2D eigenvalue weighted by Gasteiger charge is -2.24. The minimum absolute atomic E-state index is 0.329. The molecule has 1 aromatic carbocycles. The van der Waals surface area contributed by atoms with Gasteiger partial charge in [-0.1, -0.05) is 17.3 Å². The van der Waals surface area contributed by atoms with Gasteiger partial charge in [-0.15, -0.1) is 0 Å². The van der Waals surface area contributed by atoms with Crippen LogP contribution < -0.4 is 10.1 Å². The third-order valence-corrected chi connectivity index (χ3v) is 3.12. The van der Waals surface area contributed by atoms with Gasteiger partial charge in [0, 0.05) is 12.4 Å². The van der Waals surface area contributed by atoms with Gasteiger partial charge < -0.3 is 14.6 Å². The van der Waals surface area contributed by atoms with Crippen LogP contribution in [0.5, 0.6) is 5.75 Å². The number of benzene rings is 1. The van der Waals surface area contributed by atoms with Crippen molar-refractivity contribution < 1.29 is 9.26 Å². The Morgan fingerprint density at radius 2 is 1.90 bits per heavy atom. The molecular weight excluding hydrogens is 270 g/mol. The van der Waals surface area contributed by atoms with Crippen molar-refractivity contribution in [3.63, 3.8) is 0 Å². The number of hydrogen-bond donors (Lipinski definition) is 1. The van der Waals surface area contributed by atoms with Gasteiger partial charge in [0.2, 0.25) is 11.6 Å². The number of para-hydroxylation sites is 2. The molecule has 1 aliphatic rings. The van der Waals surface area contributed by atoms with E-state index in [2.05, 4.69) is 25.4 Å². The third-order valence-electron chi connectivity index (χ3n) is 3.12. The number of aromatic nitrogens is 4. The summed E-state index contributed by atoms with van der Waals surface area (Å²) in [4.78, 5) is 12.5. The summed E-state index contributed by atoms with van der Waals surface area (Å²) in [6, 6.07) is 9.46. The number of hydrogen-bond acceptors (Lipinski definition) is 7. The number of fused-ring (bicyclic) bond motifs is 1. The van der Waals surface area contributed by atoms with Crippen LogP contribution in [0.15, 0.2) is 47.2 Å². The highest BCUT2D eigenvalue weighted by Gasteiger charge is 2.26. The van der Waals surface area contributed by atoms with E-state index in [1.54, 1.807) is 18.5 Å². The van der Waals surface area contributed by atoms with Crippen LogP contribution in [0.1, 0.15) is 12.0 Å². The molecule has 7 heteroatoms. The van der Waals surface area contributed by atoms with Crippen LogP contribution in [0.25, 0.3) is 11.6 Å². The van der Waals surface area contributed by atoms with Crippen LogP contribution in [-0.2, 0) is 0 Å². The molecule has 0 saturated heterocycles. The largest absolute Gasteiger partial charge is 0.477 e. The number of nitrogens with one attached hydrogen (secondary N) is 1. The van der Waals surface area contributed by atoms with Crippen molar-refractivity contribution >= 4 is 5.69 Å². The molecule has 4 rings (SSSR count). The molecule has 1 atom stereocenters. The molecule has 7 nitrogen and oxygen atoms in total. The maximum atomic E-state index is 5.87. The van der Waals surface area contributed by atoms with E-state index in [-0.39, 0.29) is 6.10 Å². The summed E-state index contributed by atoms with van der Waals surface area (Å²) in [5, 5.41) is 7.17. The second kappa shape index (κ2) is 4.86. The van der Waals surface area contributed by atoms with Crippen LogP contribution >= 0.6 is 0 Å². The SMILES string of the molecule is c1cnc(-c2noc(C3CNc4ccccc4O3)n2)nc1. The van der Waals surface area contributed by atoms with Crippen molar-refractivity contribution in [1.29, 1.82) is 0 Å². The van der Waals surface area contributed by atoms with E-state index in [1.807, 2.05) is 24.3 Å². The van der Waals surface area contributed by atoms with Crippen LogP contribution in [0.2, 0.25) is 0 Å². The van der Waals surface area contributed by atoms with Crippen LogP contribution in [-0.4, -0.2) is 26.7 Å². The van der Waals surface area contributed by atoms with E-state index in [4.69, 9.17) is 9.26 Å². The predicted octanol–water partition coefficient (Wildman–Crippen LogP) is 2.07. The topological polar surface area (TPSA) is 86.0 Å². The van der Waals surface area contributed by atoms with Crippen molar-refractivity contribution in [2.45, 2.75) is 6.10 Å². The van der Waals surface area contributed by atoms with Crippen molar-refractivity contribution in [3.8, 4) is 17.4 Å². The molecule has 0 spiro atoms. The Morgan fingerprint density at radius 3 is 2.81 bits per heavy atom. The third kappa shape index (κ3) is 2.18. The molecule has 21 heavy (non-hydrogen) atoms. The molecule has 1 N–H and O–H groups in total. The molecule has 0 aliphatic carbocycles. The van der Waals surface area contributed by atoms with E-state index >= 15 is 0 Å². The lowest BCUT2D eigenvalue weighted by atomic mass is 10.2.